The molecule has 4 N–H and O–H groups in total. The van der Waals surface area contributed by atoms with Crippen molar-refractivity contribution in [1.82, 2.24) is 5.32 Å². The zero-order chi connectivity index (χ0) is 15.9. The average molecular weight is 297 g/mol. The monoisotopic (exact) mass is 297 g/mol. The van der Waals surface area contributed by atoms with Gasteiger partial charge < -0.3 is 16.4 Å². The third kappa shape index (κ3) is 4.09. The quantitative estimate of drug-likeness (QED) is 0.740. The van der Waals surface area contributed by atoms with Gasteiger partial charge in [-0.25, -0.2) is 0 Å². The van der Waals surface area contributed by atoms with Crippen LogP contribution in [0.5, 0.6) is 0 Å². The number of rotatable bonds is 5. The second kappa shape index (κ2) is 7.26. The topological polar surface area (TPSA) is 84.2 Å². The van der Waals surface area contributed by atoms with Crippen molar-refractivity contribution in [3.63, 3.8) is 0 Å². The molecule has 5 nitrogen and oxygen atoms in total. The van der Waals surface area contributed by atoms with E-state index in [1.165, 1.54) is 0 Å². The number of carbonyl (C=O) groups is 2. The molecule has 2 aromatic carbocycles. The van der Waals surface area contributed by atoms with Crippen molar-refractivity contribution in [3.05, 3.63) is 59.7 Å². The van der Waals surface area contributed by atoms with Gasteiger partial charge in [0.2, 0.25) is 5.91 Å². The van der Waals surface area contributed by atoms with Crippen molar-refractivity contribution in [1.29, 1.82) is 0 Å². The summed E-state index contributed by atoms with van der Waals surface area (Å²) in [6, 6.07) is 14.1. The molecule has 0 unspecified atom stereocenters. The van der Waals surface area contributed by atoms with Crippen LogP contribution < -0.4 is 16.4 Å². The molecule has 0 heterocycles. The van der Waals surface area contributed by atoms with Crippen LogP contribution in [0.1, 0.15) is 22.8 Å². The molecule has 0 bridgehead atoms. The summed E-state index contributed by atoms with van der Waals surface area (Å²) in [4.78, 5) is 24.1. The molecule has 22 heavy (non-hydrogen) atoms. The lowest BCUT2D eigenvalue weighted by Gasteiger charge is -2.11. The van der Waals surface area contributed by atoms with E-state index in [-0.39, 0.29) is 18.2 Å². The zero-order valence-electron chi connectivity index (χ0n) is 12.4. The number of hydrogen-bond donors (Lipinski definition) is 3. The Kier molecular flexibility index (Phi) is 5.14. The Morgan fingerprint density at radius 2 is 1.73 bits per heavy atom. The molecule has 2 aromatic rings. The summed E-state index contributed by atoms with van der Waals surface area (Å²) < 4.78 is 0. The Labute approximate surface area is 129 Å². The van der Waals surface area contributed by atoms with Crippen LogP contribution in [-0.4, -0.2) is 18.4 Å². The molecule has 0 atom stereocenters. The number of nitrogen functional groups attached to an aromatic ring is 1. The van der Waals surface area contributed by atoms with Gasteiger partial charge in [-0.15, -0.1) is 0 Å². The molecule has 114 valence electrons. The van der Waals surface area contributed by atoms with E-state index in [0.29, 0.717) is 23.5 Å². The van der Waals surface area contributed by atoms with Crippen molar-refractivity contribution in [2.45, 2.75) is 13.3 Å². The number of hydrogen-bond acceptors (Lipinski definition) is 3. The Hall–Kier alpha value is -2.82. The van der Waals surface area contributed by atoms with E-state index in [2.05, 4.69) is 10.6 Å². The maximum absolute atomic E-state index is 12.1. The van der Waals surface area contributed by atoms with Crippen LogP contribution in [0.2, 0.25) is 0 Å². The molecular formula is C17H19N3O2. The van der Waals surface area contributed by atoms with E-state index in [4.69, 9.17) is 5.73 Å². The zero-order valence-corrected chi connectivity index (χ0v) is 12.4. The molecule has 5 heteroatoms. The summed E-state index contributed by atoms with van der Waals surface area (Å²) >= 11 is 0. The van der Waals surface area contributed by atoms with Crippen molar-refractivity contribution in [3.8, 4) is 0 Å². The number of amides is 2. The molecule has 0 fully saturated rings. The molecule has 0 spiro atoms. The molecule has 0 radical (unpaired) electrons. The minimum Gasteiger partial charge on any atom is -0.399 e. The summed E-state index contributed by atoms with van der Waals surface area (Å²) in [7, 11) is 0. The van der Waals surface area contributed by atoms with Crippen molar-refractivity contribution >= 4 is 23.2 Å². The standard InChI is InChI=1S/C17H19N3O2/c1-2-19-17(22)14-5-3-4-6-15(14)20-16(21)11-12-7-9-13(18)10-8-12/h3-10H,2,11,18H2,1H3,(H,19,22)(H,20,21). The van der Waals surface area contributed by atoms with Crippen molar-refractivity contribution in [2.24, 2.45) is 0 Å². The molecule has 0 aliphatic carbocycles. The van der Waals surface area contributed by atoms with Crippen LogP contribution in [0.15, 0.2) is 48.5 Å². The van der Waals surface area contributed by atoms with Gasteiger partial charge in [0, 0.05) is 12.2 Å². The first-order valence-corrected chi connectivity index (χ1v) is 7.11. The molecule has 0 aliphatic heterocycles. The predicted octanol–water partition coefficient (Wildman–Crippen LogP) is 2.20. The highest BCUT2D eigenvalue weighted by Gasteiger charge is 2.12. The third-order valence-electron chi connectivity index (χ3n) is 3.13. The lowest BCUT2D eigenvalue weighted by molar-refractivity contribution is -0.115. The van der Waals surface area contributed by atoms with Crippen molar-refractivity contribution in [2.75, 3.05) is 17.6 Å². The van der Waals surface area contributed by atoms with Gasteiger partial charge in [-0.1, -0.05) is 24.3 Å². The average Bonchev–Trinajstić information content (AvgIpc) is 2.50. The lowest BCUT2D eigenvalue weighted by Crippen LogP contribution is -2.25. The van der Waals surface area contributed by atoms with Gasteiger partial charge in [-0.05, 0) is 36.8 Å². The van der Waals surface area contributed by atoms with Gasteiger partial charge in [0.1, 0.15) is 0 Å². The number of anilines is 2. The first-order valence-electron chi connectivity index (χ1n) is 7.11. The Morgan fingerprint density at radius 1 is 1.05 bits per heavy atom. The molecule has 2 amide bonds. The molecule has 2 rings (SSSR count). The van der Waals surface area contributed by atoms with Gasteiger partial charge in [-0.3, -0.25) is 9.59 Å². The lowest BCUT2D eigenvalue weighted by atomic mass is 10.1. The number of carbonyl (C=O) groups excluding carboxylic acids is 2. The van der Waals surface area contributed by atoms with E-state index < -0.39 is 0 Å². The van der Waals surface area contributed by atoms with Crippen molar-refractivity contribution < 1.29 is 9.59 Å². The highest BCUT2D eigenvalue weighted by molar-refractivity contribution is 6.04. The smallest absolute Gasteiger partial charge is 0.253 e. The van der Waals surface area contributed by atoms with Gasteiger partial charge in [0.05, 0.1) is 17.7 Å². The normalized spacial score (nSPS) is 10.0. The molecule has 0 aliphatic rings. The maximum Gasteiger partial charge on any atom is 0.253 e. The number of para-hydroxylation sites is 1. The number of nitrogens with two attached hydrogens (primary N) is 1. The van der Waals surface area contributed by atoms with Gasteiger partial charge in [-0.2, -0.15) is 0 Å². The summed E-state index contributed by atoms with van der Waals surface area (Å²) in [5.74, 6) is -0.382. The highest BCUT2D eigenvalue weighted by atomic mass is 16.2. The summed E-state index contributed by atoms with van der Waals surface area (Å²) in [6.45, 7) is 2.38. The summed E-state index contributed by atoms with van der Waals surface area (Å²) in [5, 5.41) is 5.51. The van der Waals surface area contributed by atoms with Crippen LogP contribution in [-0.2, 0) is 11.2 Å². The maximum atomic E-state index is 12.1. The fourth-order valence-electron chi connectivity index (χ4n) is 2.06. The molecular weight excluding hydrogens is 278 g/mol. The number of nitrogens with one attached hydrogen (secondary N) is 2. The van der Waals surface area contributed by atoms with E-state index in [1.807, 2.05) is 19.1 Å². The second-order valence-corrected chi connectivity index (χ2v) is 4.87. The Balaban J connectivity index is 2.08. The van der Waals surface area contributed by atoms with Crippen LogP contribution >= 0.6 is 0 Å². The molecule has 0 saturated heterocycles. The minimum atomic E-state index is -0.203. The molecule has 0 aromatic heterocycles. The Morgan fingerprint density at radius 3 is 2.41 bits per heavy atom. The highest BCUT2D eigenvalue weighted by Crippen LogP contribution is 2.15. The fourth-order valence-corrected chi connectivity index (χ4v) is 2.06. The van der Waals surface area contributed by atoms with Gasteiger partial charge in [0.15, 0.2) is 0 Å². The van der Waals surface area contributed by atoms with Gasteiger partial charge in [0.25, 0.3) is 5.91 Å². The predicted molar refractivity (Wildman–Crippen MR) is 87.6 cm³/mol. The fraction of sp³-hybridized carbons (Fsp3) is 0.176. The second-order valence-electron chi connectivity index (χ2n) is 4.87. The van der Waals surface area contributed by atoms with Crippen LogP contribution in [0.4, 0.5) is 11.4 Å². The largest absolute Gasteiger partial charge is 0.399 e. The van der Waals surface area contributed by atoms with Gasteiger partial charge >= 0.3 is 0 Å². The van der Waals surface area contributed by atoms with Crippen LogP contribution in [0, 0.1) is 0 Å². The van der Waals surface area contributed by atoms with E-state index in [1.54, 1.807) is 36.4 Å². The third-order valence-corrected chi connectivity index (χ3v) is 3.13. The first-order chi connectivity index (χ1) is 10.6. The Bertz CT molecular complexity index is 666. The van der Waals surface area contributed by atoms with E-state index >= 15 is 0 Å². The minimum absolute atomic E-state index is 0.179. The molecule has 0 saturated carbocycles. The van der Waals surface area contributed by atoms with E-state index in [9.17, 15) is 9.59 Å². The number of benzene rings is 2. The van der Waals surface area contributed by atoms with E-state index in [0.717, 1.165) is 5.56 Å². The first kappa shape index (κ1) is 15.6. The summed E-state index contributed by atoms with van der Waals surface area (Å²) in [6.07, 6.45) is 0.226. The SMILES string of the molecule is CCNC(=O)c1ccccc1NC(=O)Cc1ccc(N)cc1. The summed E-state index contributed by atoms with van der Waals surface area (Å²) in [5.41, 5.74) is 8.10. The van der Waals surface area contributed by atoms with Crippen LogP contribution in [0.3, 0.4) is 0 Å². The van der Waals surface area contributed by atoms with Crippen LogP contribution in [0.25, 0.3) is 0 Å².